The largest absolute Gasteiger partial charge is 0.481 e. The molecule has 104 valence electrons. The molecule has 0 saturated carbocycles. The third kappa shape index (κ3) is 3.70. The van der Waals surface area contributed by atoms with Crippen molar-refractivity contribution < 1.29 is 9.90 Å². The van der Waals surface area contributed by atoms with Gasteiger partial charge < -0.3 is 15.3 Å². The Bertz CT molecular complexity index is 448. The molecule has 19 heavy (non-hydrogen) atoms. The Kier molecular flexibility index (Phi) is 4.43. The minimum absolute atomic E-state index is 0.0166. The average Bonchev–Trinajstić information content (AvgIpc) is 2.51. The molecule has 4 nitrogen and oxygen atoms in total. The van der Waals surface area contributed by atoms with E-state index in [1.165, 1.54) is 11.3 Å². The highest BCUT2D eigenvalue weighted by atomic mass is 16.4. The fraction of sp³-hybridized carbons (Fsp3) is 0.533. The normalized spacial score (nSPS) is 24.0. The molecule has 0 aromatic heterocycles. The molecule has 0 spiro atoms. The Labute approximate surface area is 114 Å². The second-order valence-electron chi connectivity index (χ2n) is 5.38. The topological polar surface area (TPSA) is 52.6 Å². The van der Waals surface area contributed by atoms with E-state index in [9.17, 15) is 4.79 Å². The molecule has 2 N–H and O–H groups in total. The van der Waals surface area contributed by atoms with Crippen LogP contribution in [-0.4, -0.2) is 36.2 Å². The molecule has 1 aliphatic rings. The molecule has 1 fully saturated rings. The van der Waals surface area contributed by atoms with Crippen molar-refractivity contribution in [2.75, 3.05) is 18.0 Å². The Morgan fingerprint density at radius 1 is 1.53 bits per heavy atom. The highest BCUT2D eigenvalue weighted by Crippen LogP contribution is 2.22. The lowest BCUT2D eigenvalue weighted by Gasteiger charge is -2.31. The summed E-state index contributed by atoms with van der Waals surface area (Å²) in [4.78, 5) is 13.2. The van der Waals surface area contributed by atoms with Crippen LogP contribution in [0.3, 0.4) is 0 Å². The predicted octanol–water partition coefficient (Wildman–Crippen LogP) is 2.03. The van der Waals surface area contributed by atoms with E-state index < -0.39 is 5.97 Å². The molecule has 1 aromatic carbocycles. The Hall–Kier alpha value is -1.55. The average molecular weight is 262 g/mol. The summed E-state index contributed by atoms with van der Waals surface area (Å²) in [5.41, 5.74) is 2.42. The number of hydrogen-bond acceptors (Lipinski definition) is 3. The molecule has 2 unspecified atom stereocenters. The summed E-state index contributed by atoms with van der Waals surface area (Å²) in [6.07, 6.45) is 1.21. The number of benzene rings is 1. The van der Waals surface area contributed by atoms with Crippen LogP contribution >= 0.6 is 0 Å². The summed E-state index contributed by atoms with van der Waals surface area (Å²) < 4.78 is 0. The first-order chi connectivity index (χ1) is 9.06. The monoisotopic (exact) mass is 262 g/mol. The summed E-state index contributed by atoms with van der Waals surface area (Å²) in [5, 5.41) is 12.3. The Morgan fingerprint density at radius 2 is 2.32 bits per heavy atom. The van der Waals surface area contributed by atoms with E-state index in [0.717, 1.165) is 19.5 Å². The zero-order valence-corrected chi connectivity index (χ0v) is 11.6. The predicted molar refractivity (Wildman–Crippen MR) is 76.6 cm³/mol. The zero-order valence-electron chi connectivity index (χ0n) is 11.6. The van der Waals surface area contributed by atoms with Crippen molar-refractivity contribution in [3.8, 4) is 0 Å². The molecule has 1 heterocycles. The van der Waals surface area contributed by atoms with Gasteiger partial charge >= 0.3 is 5.97 Å². The van der Waals surface area contributed by atoms with Crippen molar-refractivity contribution in [2.24, 2.45) is 0 Å². The molecular formula is C15H22N2O2. The molecule has 1 aliphatic heterocycles. The second-order valence-corrected chi connectivity index (χ2v) is 5.38. The maximum Gasteiger partial charge on any atom is 0.304 e. The van der Waals surface area contributed by atoms with Crippen LogP contribution < -0.4 is 10.2 Å². The molecule has 4 heteroatoms. The van der Waals surface area contributed by atoms with Crippen molar-refractivity contribution in [3.63, 3.8) is 0 Å². The highest BCUT2D eigenvalue weighted by Gasteiger charge is 2.24. The van der Waals surface area contributed by atoms with Gasteiger partial charge in [-0.25, -0.2) is 0 Å². The Morgan fingerprint density at radius 3 is 3.00 bits per heavy atom. The first-order valence-corrected chi connectivity index (χ1v) is 6.85. The number of anilines is 1. The third-order valence-corrected chi connectivity index (χ3v) is 3.70. The second kappa shape index (κ2) is 6.06. The maximum atomic E-state index is 10.9. The number of carbonyl (C=O) groups is 1. The lowest BCUT2D eigenvalue weighted by Crippen LogP contribution is -2.41. The lowest BCUT2D eigenvalue weighted by atomic mass is 10.1. The number of nitrogens with one attached hydrogen (secondary N) is 1. The van der Waals surface area contributed by atoms with Crippen LogP contribution in [0.5, 0.6) is 0 Å². The van der Waals surface area contributed by atoms with Gasteiger partial charge in [-0.05, 0) is 44.5 Å². The van der Waals surface area contributed by atoms with Gasteiger partial charge in [0.05, 0.1) is 6.42 Å². The number of hydrogen-bond donors (Lipinski definition) is 2. The van der Waals surface area contributed by atoms with E-state index in [1.807, 2.05) is 0 Å². The van der Waals surface area contributed by atoms with Gasteiger partial charge in [0.1, 0.15) is 0 Å². The Balaban J connectivity index is 2.17. The van der Waals surface area contributed by atoms with Gasteiger partial charge in [-0.1, -0.05) is 12.1 Å². The van der Waals surface area contributed by atoms with E-state index in [0.29, 0.717) is 6.04 Å². The van der Waals surface area contributed by atoms with Crippen LogP contribution in [0.1, 0.15) is 25.3 Å². The summed E-state index contributed by atoms with van der Waals surface area (Å²) in [6.45, 7) is 5.91. The van der Waals surface area contributed by atoms with E-state index in [1.54, 1.807) is 0 Å². The van der Waals surface area contributed by atoms with Crippen LogP contribution in [0.25, 0.3) is 0 Å². The molecule has 2 atom stereocenters. The highest BCUT2D eigenvalue weighted by molar-refractivity contribution is 5.67. The SMILES string of the molecule is Cc1cccc(N2CC(CC(=O)O)NCCC2C)c1. The number of aliphatic carboxylic acids is 1. The van der Waals surface area contributed by atoms with Gasteiger partial charge in [-0.2, -0.15) is 0 Å². The molecular weight excluding hydrogens is 240 g/mol. The minimum Gasteiger partial charge on any atom is -0.481 e. The van der Waals surface area contributed by atoms with Gasteiger partial charge in [0.2, 0.25) is 0 Å². The molecule has 0 bridgehead atoms. The van der Waals surface area contributed by atoms with Crippen molar-refractivity contribution >= 4 is 11.7 Å². The van der Waals surface area contributed by atoms with Crippen molar-refractivity contribution in [1.82, 2.24) is 5.32 Å². The van der Waals surface area contributed by atoms with Crippen LogP contribution in [0.4, 0.5) is 5.69 Å². The van der Waals surface area contributed by atoms with Gasteiger partial charge in [0.15, 0.2) is 0 Å². The molecule has 0 radical (unpaired) electrons. The third-order valence-electron chi connectivity index (χ3n) is 3.70. The van der Waals surface area contributed by atoms with Gasteiger partial charge in [0.25, 0.3) is 0 Å². The number of carboxylic acids is 1. The van der Waals surface area contributed by atoms with Crippen LogP contribution in [0.15, 0.2) is 24.3 Å². The van der Waals surface area contributed by atoms with Gasteiger partial charge in [-0.15, -0.1) is 0 Å². The number of rotatable bonds is 3. The van der Waals surface area contributed by atoms with Crippen LogP contribution in [0, 0.1) is 6.92 Å². The lowest BCUT2D eigenvalue weighted by molar-refractivity contribution is -0.137. The summed E-state index contributed by atoms with van der Waals surface area (Å²) in [7, 11) is 0. The molecule has 0 amide bonds. The van der Waals surface area contributed by atoms with Crippen LogP contribution in [0.2, 0.25) is 0 Å². The summed E-state index contributed by atoms with van der Waals surface area (Å²) >= 11 is 0. The number of nitrogens with zero attached hydrogens (tertiary/aromatic N) is 1. The summed E-state index contributed by atoms with van der Waals surface area (Å²) in [5.74, 6) is -0.740. The molecule has 2 rings (SSSR count). The summed E-state index contributed by atoms with van der Waals surface area (Å²) in [6, 6.07) is 8.85. The number of carboxylic acid groups (broad SMARTS) is 1. The minimum atomic E-state index is -0.740. The molecule has 0 aliphatic carbocycles. The molecule has 1 aromatic rings. The van der Waals surface area contributed by atoms with Crippen molar-refractivity contribution in [1.29, 1.82) is 0 Å². The van der Waals surface area contributed by atoms with Crippen molar-refractivity contribution in [3.05, 3.63) is 29.8 Å². The first kappa shape index (κ1) is 13.9. The standard InChI is InChI=1S/C15H22N2O2/c1-11-4-3-5-14(8-11)17-10-13(9-15(18)19)16-7-6-12(17)2/h3-5,8,12-13,16H,6-7,9-10H2,1-2H3,(H,18,19). The van der Waals surface area contributed by atoms with Crippen molar-refractivity contribution in [2.45, 2.75) is 38.8 Å². The van der Waals surface area contributed by atoms with E-state index in [-0.39, 0.29) is 12.5 Å². The van der Waals surface area contributed by atoms with E-state index in [2.05, 4.69) is 48.3 Å². The van der Waals surface area contributed by atoms with Gasteiger partial charge in [0, 0.05) is 24.3 Å². The zero-order chi connectivity index (χ0) is 13.8. The smallest absolute Gasteiger partial charge is 0.304 e. The van der Waals surface area contributed by atoms with E-state index >= 15 is 0 Å². The first-order valence-electron chi connectivity index (χ1n) is 6.85. The molecule has 1 saturated heterocycles. The van der Waals surface area contributed by atoms with E-state index in [4.69, 9.17) is 5.11 Å². The fourth-order valence-electron chi connectivity index (χ4n) is 2.65. The quantitative estimate of drug-likeness (QED) is 0.875. The van der Waals surface area contributed by atoms with Gasteiger partial charge in [-0.3, -0.25) is 4.79 Å². The number of aryl methyl sites for hydroxylation is 1. The van der Waals surface area contributed by atoms with Crippen LogP contribution in [-0.2, 0) is 4.79 Å². The fourth-order valence-corrected chi connectivity index (χ4v) is 2.65. The maximum absolute atomic E-state index is 10.9.